The van der Waals surface area contributed by atoms with Crippen molar-refractivity contribution in [3.05, 3.63) is 29.8 Å². The van der Waals surface area contributed by atoms with Crippen molar-refractivity contribution in [2.45, 2.75) is 20.3 Å². The van der Waals surface area contributed by atoms with Crippen molar-refractivity contribution < 1.29 is 0 Å². The Morgan fingerprint density at radius 1 is 1.27 bits per heavy atom. The lowest BCUT2D eigenvalue weighted by Gasteiger charge is -2.08. The van der Waals surface area contributed by atoms with Crippen molar-refractivity contribution in [3.63, 3.8) is 0 Å². The van der Waals surface area contributed by atoms with E-state index < -0.39 is 0 Å². The molecular weight excluding hydrogens is 188 g/mol. The summed E-state index contributed by atoms with van der Waals surface area (Å²) in [7, 11) is 0. The zero-order chi connectivity index (χ0) is 11.1. The van der Waals surface area contributed by atoms with Gasteiger partial charge in [-0.3, -0.25) is 10.4 Å². The smallest absolute Gasteiger partial charge is 0.210 e. The molecule has 0 spiro atoms. The number of aryl methyl sites for hydroxylation is 1. The number of hydrazine groups is 1. The van der Waals surface area contributed by atoms with Crippen molar-refractivity contribution >= 4 is 11.6 Å². The maximum absolute atomic E-state index is 5.32. The van der Waals surface area contributed by atoms with Gasteiger partial charge in [-0.1, -0.05) is 19.1 Å². The Bertz CT molecular complexity index is 316. The van der Waals surface area contributed by atoms with Crippen LogP contribution in [-0.2, 0) is 6.42 Å². The molecule has 1 rings (SSSR count). The van der Waals surface area contributed by atoms with E-state index in [-0.39, 0.29) is 0 Å². The molecule has 0 amide bonds. The molecule has 0 aliphatic heterocycles. The monoisotopic (exact) mass is 206 g/mol. The van der Waals surface area contributed by atoms with Crippen LogP contribution in [0.15, 0.2) is 29.3 Å². The van der Waals surface area contributed by atoms with Gasteiger partial charge in [0.1, 0.15) is 0 Å². The van der Waals surface area contributed by atoms with Gasteiger partial charge in [-0.15, -0.1) is 0 Å². The zero-order valence-corrected chi connectivity index (χ0v) is 9.25. The van der Waals surface area contributed by atoms with Gasteiger partial charge in [0.25, 0.3) is 0 Å². The number of nitrogens with zero attached hydrogens (tertiary/aromatic N) is 1. The van der Waals surface area contributed by atoms with E-state index >= 15 is 0 Å². The highest BCUT2D eigenvalue weighted by Gasteiger charge is 1.96. The van der Waals surface area contributed by atoms with Crippen molar-refractivity contribution in [1.82, 2.24) is 5.43 Å². The summed E-state index contributed by atoms with van der Waals surface area (Å²) in [6.45, 7) is 4.78. The first-order valence-corrected chi connectivity index (χ1v) is 5.17. The second kappa shape index (κ2) is 6.03. The Balaban J connectivity index is 2.67. The predicted molar refractivity (Wildman–Crippen MR) is 64.7 cm³/mol. The Labute approximate surface area is 90.6 Å². The third-order valence-corrected chi connectivity index (χ3v) is 2.08. The third kappa shape index (κ3) is 3.59. The topological polar surface area (TPSA) is 62.4 Å². The lowest BCUT2D eigenvalue weighted by molar-refractivity contribution is 0.986. The molecular formula is C11H18N4. The highest BCUT2D eigenvalue weighted by atomic mass is 15.3. The molecule has 4 N–H and O–H groups in total. The summed E-state index contributed by atoms with van der Waals surface area (Å²) in [5, 5.41) is 3.09. The summed E-state index contributed by atoms with van der Waals surface area (Å²) in [6, 6.07) is 8.20. The first-order valence-electron chi connectivity index (χ1n) is 5.17. The van der Waals surface area contributed by atoms with Gasteiger partial charge in [0.15, 0.2) is 0 Å². The SMILES string of the molecule is CCN=C(NN)Nc1ccc(CC)cc1. The number of hydrogen-bond donors (Lipinski definition) is 3. The van der Waals surface area contributed by atoms with Gasteiger partial charge in [-0.2, -0.15) is 0 Å². The fraction of sp³-hybridized carbons (Fsp3) is 0.364. The van der Waals surface area contributed by atoms with E-state index in [2.05, 4.69) is 34.8 Å². The highest BCUT2D eigenvalue weighted by Crippen LogP contribution is 2.09. The number of hydrogen-bond acceptors (Lipinski definition) is 2. The normalized spacial score (nSPS) is 11.3. The molecule has 0 aliphatic carbocycles. The summed E-state index contributed by atoms with van der Waals surface area (Å²) in [5.41, 5.74) is 4.82. The Morgan fingerprint density at radius 2 is 1.93 bits per heavy atom. The number of nitrogens with one attached hydrogen (secondary N) is 2. The summed E-state index contributed by atoms with van der Waals surface area (Å²) in [6.07, 6.45) is 1.05. The second-order valence-corrected chi connectivity index (χ2v) is 3.14. The molecule has 1 aromatic rings. The van der Waals surface area contributed by atoms with Gasteiger partial charge >= 0.3 is 0 Å². The molecule has 0 bridgehead atoms. The fourth-order valence-electron chi connectivity index (χ4n) is 1.24. The van der Waals surface area contributed by atoms with Crippen molar-refractivity contribution in [1.29, 1.82) is 0 Å². The fourth-order valence-corrected chi connectivity index (χ4v) is 1.24. The highest BCUT2D eigenvalue weighted by molar-refractivity contribution is 5.93. The number of anilines is 1. The standard InChI is InChI=1S/C11H18N4/c1-3-9-5-7-10(8-6-9)14-11(15-12)13-4-2/h5-8H,3-4,12H2,1-2H3,(H2,13,14,15). The average Bonchev–Trinajstić information content (AvgIpc) is 2.29. The molecule has 1 aromatic carbocycles. The lowest BCUT2D eigenvalue weighted by atomic mass is 10.1. The van der Waals surface area contributed by atoms with Crippen LogP contribution in [-0.4, -0.2) is 12.5 Å². The summed E-state index contributed by atoms with van der Waals surface area (Å²) in [4.78, 5) is 4.15. The van der Waals surface area contributed by atoms with E-state index in [1.807, 2.05) is 19.1 Å². The minimum absolute atomic E-state index is 0.585. The maximum Gasteiger partial charge on any atom is 0.210 e. The van der Waals surface area contributed by atoms with Gasteiger partial charge in [0.2, 0.25) is 5.96 Å². The molecule has 15 heavy (non-hydrogen) atoms. The van der Waals surface area contributed by atoms with Crippen LogP contribution in [0.4, 0.5) is 5.69 Å². The third-order valence-electron chi connectivity index (χ3n) is 2.08. The predicted octanol–water partition coefficient (Wildman–Crippen LogP) is 1.50. The summed E-state index contributed by atoms with van der Waals surface area (Å²) >= 11 is 0. The van der Waals surface area contributed by atoms with Gasteiger partial charge in [-0.05, 0) is 31.0 Å². The van der Waals surface area contributed by atoms with Crippen LogP contribution in [0.3, 0.4) is 0 Å². The van der Waals surface area contributed by atoms with Gasteiger partial charge in [0, 0.05) is 12.2 Å². The van der Waals surface area contributed by atoms with Gasteiger partial charge < -0.3 is 5.32 Å². The Kier molecular flexibility index (Phi) is 4.63. The molecule has 0 fully saturated rings. The van der Waals surface area contributed by atoms with Crippen molar-refractivity contribution in [2.75, 3.05) is 11.9 Å². The van der Waals surface area contributed by atoms with Crippen LogP contribution in [0.2, 0.25) is 0 Å². The quantitative estimate of drug-likeness (QED) is 0.304. The number of rotatable bonds is 3. The summed E-state index contributed by atoms with van der Waals surface area (Å²) < 4.78 is 0. The first kappa shape index (κ1) is 11.5. The zero-order valence-electron chi connectivity index (χ0n) is 9.25. The molecule has 0 heterocycles. The minimum Gasteiger partial charge on any atom is -0.325 e. The molecule has 0 aromatic heterocycles. The second-order valence-electron chi connectivity index (χ2n) is 3.14. The molecule has 0 radical (unpaired) electrons. The molecule has 4 heteroatoms. The molecule has 0 unspecified atom stereocenters. The van der Waals surface area contributed by atoms with E-state index in [4.69, 9.17) is 5.84 Å². The van der Waals surface area contributed by atoms with Crippen LogP contribution in [0.1, 0.15) is 19.4 Å². The molecule has 82 valence electrons. The van der Waals surface area contributed by atoms with E-state index in [0.29, 0.717) is 12.5 Å². The number of guanidine groups is 1. The largest absolute Gasteiger partial charge is 0.325 e. The average molecular weight is 206 g/mol. The lowest BCUT2D eigenvalue weighted by Crippen LogP contribution is -2.36. The summed E-state index contributed by atoms with van der Waals surface area (Å²) in [5.74, 6) is 5.90. The van der Waals surface area contributed by atoms with Crippen molar-refractivity contribution in [2.24, 2.45) is 10.8 Å². The van der Waals surface area contributed by atoms with Crippen LogP contribution < -0.4 is 16.6 Å². The molecule has 0 saturated carbocycles. The number of benzene rings is 1. The molecule has 4 nitrogen and oxygen atoms in total. The van der Waals surface area contributed by atoms with Crippen LogP contribution >= 0.6 is 0 Å². The van der Waals surface area contributed by atoms with E-state index in [1.54, 1.807) is 0 Å². The first-order chi connectivity index (χ1) is 7.30. The van der Waals surface area contributed by atoms with Crippen LogP contribution in [0.25, 0.3) is 0 Å². The van der Waals surface area contributed by atoms with E-state index in [9.17, 15) is 0 Å². The maximum atomic E-state index is 5.32. The van der Waals surface area contributed by atoms with Gasteiger partial charge in [-0.25, -0.2) is 5.84 Å². The Morgan fingerprint density at radius 3 is 2.40 bits per heavy atom. The number of nitrogens with two attached hydrogens (primary N) is 1. The minimum atomic E-state index is 0.585. The molecule has 0 saturated heterocycles. The van der Waals surface area contributed by atoms with E-state index in [0.717, 1.165) is 12.1 Å². The Hall–Kier alpha value is -1.55. The van der Waals surface area contributed by atoms with Crippen LogP contribution in [0.5, 0.6) is 0 Å². The van der Waals surface area contributed by atoms with Crippen molar-refractivity contribution in [3.8, 4) is 0 Å². The molecule has 0 aliphatic rings. The number of aliphatic imine (C=N–C) groups is 1. The van der Waals surface area contributed by atoms with Gasteiger partial charge in [0.05, 0.1) is 0 Å². The van der Waals surface area contributed by atoms with Crippen LogP contribution in [0, 0.1) is 0 Å². The van der Waals surface area contributed by atoms with E-state index in [1.165, 1.54) is 5.56 Å². The molecule has 0 atom stereocenters.